The molecule has 12 heavy (non-hydrogen) atoms. The smallest absolute Gasteiger partial charge is 0.0747 e. The molecular formula is C9H14N2O. The number of hydroxylamine groups is 1. The quantitative estimate of drug-likeness (QED) is 0.475. The van der Waals surface area contributed by atoms with Gasteiger partial charge in [-0.3, -0.25) is 0 Å². The van der Waals surface area contributed by atoms with Gasteiger partial charge in [-0.25, -0.2) is 0 Å². The zero-order valence-corrected chi connectivity index (χ0v) is 6.90. The first-order chi connectivity index (χ1) is 5.38. The van der Waals surface area contributed by atoms with Crippen molar-refractivity contribution in [1.82, 2.24) is 11.6 Å². The third-order valence-electron chi connectivity index (χ3n) is 1.53. The average molecular weight is 166 g/mol. The van der Waals surface area contributed by atoms with Crippen molar-refractivity contribution >= 4 is 0 Å². The van der Waals surface area contributed by atoms with Crippen molar-refractivity contribution in [3.8, 4) is 0 Å². The molecule has 1 aromatic carbocycles. The highest BCUT2D eigenvalue weighted by Gasteiger charge is 2.02. The first kappa shape index (κ1) is 10.8. The number of hydrogen-bond acceptors (Lipinski definition) is 3. The minimum atomic E-state index is -0.170. The molecule has 0 bridgehead atoms. The Labute approximate surface area is 72.3 Å². The van der Waals surface area contributed by atoms with Gasteiger partial charge in [0.05, 0.1) is 6.04 Å². The van der Waals surface area contributed by atoms with Crippen LogP contribution in [0.25, 0.3) is 0 Å². The molecule has 1 unspecified atom stereocenters. The number of nitrogens with one attached hydrogen (secondary N) is 1. The van der Waals surface area contributed by atoms with Crippen LogP contribution >= 0.6 is 0 Å². The van der Waals surface area contributed by atoms with Crippen molar-refractivity contribution < 1.29 is 5.21 Å². The topological polar surface area (TPSA) is 67.3 Å². The molecule has 0 aliphatic carbocycles. The van der Waals surface area contributed by atoms with Crippen LogP contribution in [0.2, 0.25) is 0 Å². The largest absolute Gasteiger partial charge is 0.344 e. The van der Waals surface area contributed by atoms with E-state index < -0.39 is 0 Å². The zero-order valence-electron chi connectivity index (χ0n) is 6.90. The molecule has 0 saturated heterocycles. The van der Waals surface area contributed by atoms with Crippen LogP contribution in [0.1, 0.15) is 11.6 Å². The van der Waals surface area contributed by atoms with Crippen LogP contribution in [0.5, 0.6) is 0 Å². The summed E-state index contributed by atoms with van der Waals surface area (Å²) in [4.78, 5) is 0. The first-order valence-corrected chi connectivity index (χ1v) is 3.45. The summed E-state index contributed by atoms with van der Waals surface area (Å²) in [5.41, 5.74) is 3.15. The SMILES string of the molecule is C=CC(NO)c1ccccc1.N. The highest BCUT2D eigenvalue weighted by molar-refractivity contribution is 5.21. The predicted octanol–water partition coefficient (Wildman–Crippen LogP) is 2.05. The van der Waals surface area contributed by atoms with E-state index in [1.54, 1.807) is 6.08 Å². The van der Waals surface area contributed by atoms with E-state index in [1.807, 2.05) is 30.3 Å². The summed E-state index contributed by atoms with van der Waals surface area (Å²) in [5.74, 6) is 0. The summed E-state index contributed by atoms with van der Waals surface area (Å²) in [7, 11) is 0. The maximum absolute atomic E-state index is 8.66. The summed E-state index contributed by atoms with van der Waals surface area (Å²) in [6.45, 7) is 3.59. The molecule has 1 atom stereocenters. The van der Waals surface area contributed by atoms with E-state index in [9.17, 15) is 0 Å². The van der Waals surface area contributed by atoms with Crippen molar-refractivity contribution in [1.29, 1.82) is 0 Å². The zero-order chi connectivity index (χ0) is 8.10. The van der Waals surface area contributed by atoms with Gasteiger partial charge >= 0.3 is 0 Å². The van der Waals surface area contributed by atoms with E-state index in [2.05, 4.69) is 12.1 Å². The Hall–Kier alpha value is -1.16. The highest BCUT2D eigenvalue weighted by Crippen LogP contribution is 2.11. The lowest BCUT2D eigenvalue weighted by molar-refractivity contribution is 0.144. The molecular weight excluding hydrogens is 152 g/mol. The van der Waals surface area contributed by atoms with Crippen LogP contribution < -0.4 is 11.6 Å². The van der Waals surface area contributed by atoms with Gasteiger partial charge in [-0.05, 0) is 5.56 Å². The Morgan fingerprint density at radius 3 is 2.33 bits per heavy atom. The van der Waals surface area contributed by atoms with Gasteiger partial charge in [0, 0.05) is 0 Å². The van der Waals surface area contributed by atoms with Crippen LogP contribution in [-0.4, -0.2) is 5.21 Å². The van der Waals surface area contributed by atoms with Gasteiger partial charge in [-0.1, -0.05) is 36.4 Å². The Morgan fingerprint density at radius 1 is 1.33 bits per heavy atom. The summed E-state index contributed by atoms with van der Waals surface area (Å²) >= 11 is 0. The fourth-order valence-corrected chi connectivity index (χ4v) is 0.924. The van der Waals surface area contributed by atoms with Gasteiger partial charge in [-0.2, -0.15) is 5.48 Å². The van der Waals surface area contributed by atoms with Crippen molar-refractivity contribution in [3.63, 3.8) is 0 Å². The van der Waals surface area contributed by atoms with Crippen molar-refractivity contribution in [2.75, 3.05) is 0 Å². The van der Waals surface area contributed by atoms with Crippen LogP contribution in [0.4, 0.5) is 0 Å². The number of rotatable bonds is 3. The molecule has 66 valence electrons. The Balaban J connectivity index is 0.00000121. The average Bonchev–Trinajstić information content (AvgIpc) is 2.09. The van der Waals surface area contributed by atoms with E-state index in [0.29, 0.717) is 0 Å². The third kappa shape index (κ3) is 2.47. The van der Waals surface area contributed by atoms with E-state index in [4.69, 9.17) is 5.21 Å². The van der Waals surface area contributed by atoms with Crippen molar-refractivity contribution in [3.05, 3.63) is 48.6 Å². The molecule has 1 aromatic rings. The predicted molar refractivity (Wildman–Crippen MR) is 49.3 cm³/mol. The summed E-state index contributed by atoms with van der Waals surface area (Å²) in [6.07, 6.45) is 1.65. The molecule has 3 nitrogen and oxygen atoms in total. The van der Waals surface area contributed by atoms with Crippen molar-refractivity contribution in [2.45, 2.75) is 6.04 Å². The molecule has 1 rings (SSSR count). The fourth-order valence-electron chi connectivity index (χ4n) is 0.924. The molecule has 0 aliphatic heterocycles. The monoisotopic (exact) mass is 166 g/mol. The van der Waals surface area contributed by atoms with Gasteiger partial charge < -0.3 is 11.4 Å². The van der Waals surface area contributed by atoms with Gasteiger partial charge in [0.2, 0.25) is 0 Å². The molecule has 3 heteroatoms. The fraction of sp³-hybridized carbons (Fsp3) is 0.111. The van der Waals surface area contributed by atoms with E-state index >= 15 is 0 Å². The van der Waals surface area contributed by atoms with Crippen LogP contribution in [0.3, 0.4) is 0 Å². The molecule has 0 radical (unpaired) electrons. The minimum absolute atomic E-state index is 0. The lowest BCUT2D eigenvalue weighted by Crippen LogP contribution is -2.13. The van der Waals surface area contributed by atoms with Gasteiger partial charge in [0.1, 0.15) is 0 Å². The molecule has 0 aliphatic rings. The molecule has 5 N–H and O–H groups in total. The molecule has 0 spiro atoms. The summed E-state index contributed by atoms with van der Waals surface area (Å²) < 4.78 is 0. The standard InChI is InChI=1S/C9H11NO.H3N/c1-2-9(10-11)8-6-4-3-5-7-8;/h2-7,9-11H,1H2;1H3. The van der Waals surface area contributed by atoms with Gasteiger partial charge in [0.25, 0.3) is 0 Å². The van der Waals surface area contributed by atoms with Crippen LogP contribution in [-0.2, 0) is 0 Å². The second-order valence-corrected chi connectivity index (χ2v) is 2.25. The van der Waals surface area contributed by atoms with Gasteiger partial charge in [0.15, 0.2) is 0 Å². The minimum Gasteiger partial charge on any atom is -0.344 e. The lowest BCUT2D eigenvalue weighted by Gasteiger charge is -2.08. The summed E-state index contributed by atoms with van der Waals surface area (Å²) in [5, 5.41) is 8.66. The molecule has 0 heterocycles. The Kier molecular flexibility index (Phi) is 4.96. The maximum atomic E-state index is 8.66. The Morgan fingerprint density at radius 2 is 1.92 bits per heavy atom. The molecule has 0 amide bonds. The molecule has 0 aromatic heterocycles. The second-order valence-electron chi connectivity index (χ2n) is 2.25. The van der Waals surface area contributed by atoms with Crippen LogP contribution in [0.15, 0.2) is 43.0 Å². The second kappa shape index (κ2) is 5.49. The number of hydrogen-bond donors (Lipinski definition) is 3. The molecule has 0 saturated carbocycles. The maximum Gasteiger partial charge on any atom is 0.0747 e. The Bertz CT molecular complexity index is 223. The van der Waals surface area contributed by atoms with E-state index in [1.165, 1.54) is 0 Å². The van der Waals surface area contributed by atoms with Crippen LogP contribution in [0, 0.1) is 0 Å². The molecule has 0 fully saturated rings. The van der Waals surface area contributed by atoms with Gasteiger partial charge in [-0.15, -0.1) is 6.58 Å². The highest BCUT2D eigenvalue weighted by atomic mass is 16.5. The van der Waals surface area contributed by atoms with E-state index in [0.717, 1.165) is 5.56 Å². The summed E-state index contributed by atoms with van der Waals surface area (Å²) in [6, 6.07) is 9.45. The first-order valence-electron chi connectivity index (χ1n) is 3.45. The third-order valence-corrected chi connectivity index (χ3v) is 1.53. The van der Waals surface area contributed by atoms with Crippen molar-refractivity contribution in [2.24, 2.45) is 0 Å². The lowest BCUT2D eigenvalue weighted by atomic mass is 10.1. The number of benzene rings is 1. The van der Waals surface area contributed by atoms with E-state index in [-0.39, 0.29) is 12.2 Å². The normalized spacial score (nSPS) is 11.4.